The summed E-state index contributed by atoms with van der Waals surface area (Å²) < 4.78 is 5.18. The zero-order chi connectivity index (χ0) is 9.94. The van der Waals surface area contributed by atoms with Gasteiger partial charge in [-0.05, 0) is 0 Å². The normalized spacial score (nSPS) is 13.2. The number of aliphatic hydroxyl groups is 2. The van der Waals surface area contributed by atoms with Crippen LogP contribution in [0.25, 0.3) is 0 Å². The van der Waals surface area contributed by atoms with Gasteiger partial charge in [-0.15, -0.1) is 0 Å². The second kappa shape index (κ2) is 9.88. The van der Waals surface area contributed by atoms with Crippen LogP contribution in [0.4, 0.5) is 0 Å². The standard InChI is InChI=1S/C8H18NO4/c10-3-1-8(13-6-5-12)7-9-2-4-11/h8-9,11-12H,1-7H2. The lowest BCUT2D eigenvalue weighted by Gasteiger charge is -2.16. The molecule has 0 amide bonds. The summed E-state index contributed by atoms with van der Waals surface area (Å²) in [7, 11) is 0. The van der Waals surface area contributed by atoms with Gasteiger partial charge in [-0.2, -0.15) is 0 Å². The summed E-state index contributed by atoms with van der Waals surface area (Å²) in [5.41, 5.74) is 0. The Morgan fingerprint density at radius 2 is 2.08 bits per heavy atom. The van der Waals surface area contributed by atoms with Crippen LogP contribution in [0.3, 0.4) is 0 Å². The third kappa shape index (κ3) is 8.14. The van der Waals surface area contributed by atoms with Crippen LogP contribution in [-0.4, -0.2) is 55.8 Å². The second-order valence-corrected chi connectivity index (χ2v) is 2.64. The van der Waals surface area contributed by atoms with Gasteiger partial charge in [-0.3, -0.25) is 0 Å². The highest BCUT2D eigenvalue weighted by atomic mass is 16.5. The predicted molar refractivity (Wildman–Crippen MR) is 47.0 cm³/mol. The third-order valence-corrected chi connectivity index (χ3v) is 1.55. The molecule has 5 nitrogen and oxygen atoms in total. The lowest BCUT2D eigenvalue weighted by atomic mass is 10.2. The minimum Gasteiger partial charge on any atom is -0.395 e. The molecule has 0 aromatic heterocycles. The molecular formula is C8H18NO4. The van der Waals surface area contributed by atoms with Crippen LogP contribution >= 0.6 is 0 Å². The number of aliphatic hydroxyl groups excluding tert-OH is 2. The van der Waals surface area contributed by atoms with E-state index in [1.54, 1.807) is 0 Å². The van der Waals surface area contributed by atoms with Crippen molar-refractivity contribution in [1.82, 2.24) is 5.32 Å². The number of rotatable bonds is 9. The lowest BCUT2D eigenvalue weighted by molar-refractivity contribution is 0.00886. The van der Waals surface area contributed by atoms with Gasteiger partial charge in [0.15, 0.2) is 0 Å². The van der Waals surface area contributed by atoms with E-state index in [0.717, 1.165) is 0 Å². The monoisotopic (exact) mass is 192 g/mol. The molecule has 0 bridgehead atoms. The molecule has 3 N–H and O–H groups in total. The quantitative estimate of drug-likeness (QED) is 0.399. The van der Waals surface area contributed by atoms with Crippen molar-refractivity contribution in [3.05, 3.63) is 0 Å². The van der Waals surface area contributed by atoms with Crippen molar-refractivity contribution >= 4 is 0 Å². The Morgan fingerprint density at radius 3 is 2.62 bits per heavy atom. The molecule has 0 aliphatic carbocycles. The van der Waals surface area contributed by atoms with Crippen LogP contribution in [0.15, 0.2) is 0 Å². The fourth-order valence-corrected chi connectivity index (χ4v) is 0.937. The Hall–Kier alpha value is -0.200. The maximum absolute atomic E-state index is 10.3. The minimum atomic E-state index is -0.184. The number of ether oxygens (including phenoxy) is 1. The van der Waals surface area contributed by atoms with E-state index >= 15 is 0 Å². The predicted octanol–water partition coefficient (Wildman–Crippen LogP) is -1.23. The van der Waals surface area contributed by atoms with Gasteiger partial charge >= 0.3 is 0 Å². The van der Waals surface area contributed by atoms with Crippen molar-refractivity contribution in [3.63, 3.8) is 0 Å². The van der Waals surface area contributed by atoms with Crippen LogP contribution in [0.5, 0.6) is 0 Å². The van der Waals surface area contributed by atoms with E-state index in [2.05, 4.69) is 5.32 Å². The van der Waals surface area contributed by atoms with E-state index in [-0.39, 0.29) is 32.5 Å². The molecule has 0 aromatic rings. The maximum atomic E-state index is 10.3. The van der Waals surface area contributed by atoms with Crippen LogP contribution in [0.2, 0.25) is 0 Å². The molecule has 0 fully saturated rings. The zero-order valence-corrected chi connectivity index (χ0v) is 7.74. The maximum Gasteiger partial charge on any atom is 0.0847 e. The summed E-state index contributed by atoms with van der Waals surface area (Å²) in [4.78, 5) is 0. The van der Waals surface area contributed by atoms with E-state index in [0.29, 0.717) is 19.5 Å². The Morgan fingerprint density at radius 1 is 1.31 bits per heavy atom. The summed E-state index contributed by atoms with van der Waals surface area (Å²) >= 11 is 0. The van der Waals surface area contributed by atoms with Gasteiger partial charge in [0.2, 0.25) is 0 Å². The van der Waals surface area contributed by atoms with Crippen LogP contribution in [-0.2, 0) is 9.84 Å². The fraction of sp³-hybridized carbons (Fsp3) is 1.00. The van der Waals surface area contributed by atoms with Crippen LogP contribution < -0.4 is 5.32 Å². The summed E-state index contributed by atoms with van der Waals surface area (Å²) in [6, 6.07) is 0. The van der Waals surface area contributed by atoms with E-state index in [1.165, 1.54) is 0 Å². The summed E-state index contributed by atoms with van der Waals surface area (Å²) in [5.74, 6) is 0. The highest BCUT2D eigenvalue weighted by Crippen LogP contribution is 1.96. The molecule has 79 valence electrons. The zero-order valence-electron chi connectivity index (χ0n) is 7.74. The van der Waals surface area contributed by atoms with Gasteiger partial charge in [-0.25, -0.2) is 5.11 Å². The first-order chi connectivity index (χ1) is 6.35. The first-order valence-electron chi connectivity index (χ1n) is 4.47. The van der Waals surface area contributed by atoms with E-state index in [9.17, 15) is 5.11 Å². The number of nitrogens with one attached hydrogen (secondary N) is 1. The molecule has 1 unspecified atom stereocenters. The Balaban J connectivity index is 3.41. The molecule has 0 saturated carbocycles. The van der Waals surface area contributed by atoms with Crippen molar-refractivity contribution < 1.29 is 20.1 Å². The summed E-state index contributed by atoms with van der Waals surface area (Å²) in [6.07, 6.45) is 0.273. The molecule has 13 heavy (non-hydrogen) atoms. The minimum absolute atomic E-state index is 0.0324. The highest BCUT2D eigenvalue weighted by molar-refractivity contribution is 4.61. The highest BCUT2D eigenvalue weighted by Gasteiger charge is 2.07. The van der Waals surface area contributed by atoms with E-state index in [4.69, 9.17) is 14.9 Å². The SMILES string of the molecule is [O]CCC(CNCCO)OCCO. The first-order valence-corrected chi connectivity index (χ1v) is 4.47. The summed E-state index contributed by atoms with van der Waals surface area (Å²) in [5, 5.41) is 30.2. The van der Waals surface area contributed by atoms with Crippen LogP contribution in [0, 0.1) is 0 Å². The van der Waals surface area contributed by atoms with Crippen molar-refractivity contribution in [2.45, 2.75) is 12.5 Å². The van der Waals surface area contributed by atoms with Crippen molar-refractivity contribution in [3.8, 4) is 0 Å². The smallest absolute Gasteiger partial charge is 0.0847 e. The molecule has 0 saturated heterocycles. The van der Waals surface area contributed by atoms with Gasteiger partial charge in [0.05, 0.1) is 32.5 Å². The van der Waals surface area contributed by atoms with E-state index < -0.39 is 0 Å². The molecule has 0 rings (SSSR count). The first kappa shape index (κ1) is 12.8. The largest absolute Gasteiger partial charge is 0.395 e. The Kier molecular flexibility index (Phi) is 9.73. The van der Waals surface area contributed by atoms with Crippen molar-refractivity contribution in [1.29, 1.82) is 0 Å². The van der Waals surface area contributed by atoms with Crippen molar-refractivity contribution in [2.24, 2.45) is 0 Å². The average molecular weight is 192 g/mol. The van der Waals surface area contributed by atoms with Gasteiger partial charge in [0, 0.05) is 19.5 Å². The lowest BCUT2D eigenvalue weighted by Crippen LogP contribution is -2.32. The fourth-order valence-electron chi connectivity index (χ4n) is 0.937. The molecule has 5 heteroatoms. The molecule has 0 heterocycles. The Bertz CT molecular complexity index is 102. The molecule has 1 radical (unpaired) electrons. The molecule has 0 aliphatic heterocycles. The molecular weight excluding hydrogens is 174 g/mol. The van der Waals surface area contributed by atoms with E-state index in [1.807, 2.05) is 0 Å². The number of hydrogen-bond acceptors (Lipinski definition) is 4. The second-order valence-electron chi connectivity index (χ2n) is 2.64. The van der Waals surface area contributed by atoms with Crippen LogP contribution in [0.1, 0.15) is 6.42 Å². The molecule has 0 aromatic carbocycles. The Labute approximate surface area is 78.3 Å². The van der Waals surface area contributed by atoms with Crippen molar-refractivity contribution in [2.75, 3.05) is 39.5 Å². The van der Waals surface area contributed by atoms with Gasteiger partial charge < -0.3 is 20.3 Å². The topological polar surface area (TPSA) is 81.6 Å². The molecule has 0 aliphatic rings. The molecule has 0 spiro atoms. The third-order valence-electron chi connectivity index (χ3n) is 1.55. The number of hydrogen-bond donors (Lipinski definition) is 3. The molecule has 1 atom stereocenters. The van der Waals surface area contributed by atoms with Gasteiger partial charge in [0.1, 0.15) is 0 Å². The summed E-state index contributed by atoms with van der Waals surface area (Å²) in [6.45, 7) is 1.16. The average Bonchev–Trinajstić information content (AvgIpc) is 2.14. The van der Waals surface area contributed by atoms with Gasteiger partial charge in [0.25, 0.3) is 0 Å². The van der Waals surface area contributed by atoms with Gasteiger partial charge in [-0.1, -0.05) is 0 Å².